The van der Waals surface area contributed by atoms with E-state index < -0.39 is 0 Å². The summed E-state index contributed by atoms with van der Waals surface area (Å²) in [4.78, 5) is 9.08. The number of anilines is 3. The Kier molecular flexibility index (Phi) is 4.01. The normalized spacial score (nSPS) is 10.6. The Morgan fingerprint density at radius 1 is 1.05 bits per heavy atom. The molecule has 0 unspecified atom stereocenters. The molecule has 0 spiro atoms. The molecule has 0 saturated heterocycles. The van der Waals surface area contributed by atoms with Crippen molar-refractivity contribution in [3.8, 4) is 0 Å². The van der Waals surface area contributed by atoms with Gasteiger partial charge in [-0.25, -0.2) is 4.98 Å². The van der Waals surface area contributed by atoms with Crippen LogP contribution in [0.2, 0.25) is 0 Å². The quantitative estimate of drug-likeness (QED) is 0.729. The Morgan fingerprint density at radius 3 is 2.71 bits per heavy atom. The van der Waals surface area contributed by atoms with E-state index in [4.69, 9.17) is 0 Å². The van der Waals surface area contributed by atoms with Crippen molar-refractivity contribution in [2.24, 2.45) is 0 Å². The second-order valence-corrected chi connectivity index (χ2v) is 5.49. The van der Waals surface area contributed by atoms with E-state index in [0.29, 0.717) is 5.95 Å². The van der Waals surface area contributed by atoms with Crippen molar-refractivity contribution in [3.05, 3.63) is 53.0 Å². The fourth-order valence-corrected chi connectivity index (χ4v) is 2.51. The van der Waals surface area contributed by atoms with E-state index >= 15 is 0 Å². The zero-order valence-electron chi connectivity index (χ0n) is 11.6. The van der Waals surface area contributed by atoms with E-state index in [1.54, 1.807) is 0 Å². The lowest BCUT2D eigenvalue weighted by atomic mass is 10.2. The maximum absolute atomic E-state index is 4.57. The highest BCUT2D eigenvalue weighted by atomic mass is 79.9. The molecule has 3 aromatic rings. The molecule has 0 aliphatic heterocycles. The van der Waals surface area contributed by atoms with Gasteiger partial charge in [-0.3, -0.25) is 0 Å². The van der Waals surface area contributed by atoms with Crippen LogP contribution in [0.5, 0.6) is 0 Å². The van der Waals surface area contributed by atoms with Crippen LogP contribution in [0.3, 0.4) is 0 Å². The largest absolute Gasteiger partial charge is 0.354 e. The van der Waals surface area contributed by atoms with Crippen molar-refractivity contribution in [1.29, 1.82) is 0 Å². The van der Waals surface area contributed by atoms with Gasteiger partial charge >= 0.3 is 0 Å². The summed E-state index contributed by atoms with van der Waals surface area (Å²) >= 11 is 3.48. The molecule has 21 heavy (non-hydrogen) atoms. The number of hydrogen-bond donors (Lipinski definition) is 2. The summed E-state index contributed by atoms with van der Waals surface area (Å²) < 4.78 is 1.03. The molecular weight excluding hydrogens is 328 g/mol. The molecule has 0 aliphatic carbocycles. The van der Waals surface area contributed by atoms with E-state index in [-0.39, 0.29) is 0 Å². The summed E-state index contributed by atoms with van der Waals surface area (Å²) in [6, 6.07) is 16.0. The first kappa shape index (κ1) is 13.8. The van der Waals surface area contributed by atoms with Gasteiger partial charge in [-0.2, -0.15) is 4.98 Å². The maximum atomic E-state index is 4.57. The highest BCUT2D eigenvalue weighted by Gasteiger charge is 2.07. The van der Waals surface area contributed by atoms with E-state index in [9.17, 15) is 0 Å². The molecule has 1 heterocycles. The van der Waals surface area contributed by atoms with Crippen molar-refractivity contribution < 1.29 is 0 Å². The molecule has 0 fully saturated rings. The maximum Gasteiger partial charge on any atom is 0.225 e. The van der Waals surface area contributed by atoms with Gasteiger partial charge in [0.25, 0.3) is 0 Å². The SMILES string of the molecule is CCNc1nc(Nc2cccc(Br)c2)c2ccccc2n1. The first-order valence-corrected chi connectivity index (χ1v) is 7.59. The van der Waals surface area contributed by atoms with Crippen LogP contribution in [-0.2, 0) is 0 Å². The summed E-state index contributed by atoms with van der Waals surface area (Å²) in [5, 5.41) is 7.53. The van der Waals surface area contributed by atoms with Crippen LogP contribution in [0.15, 0.2) is 53.0 Å². The number of hydrogen-bond acceptors (Lipinski definition) is 4. The van der Waals surface area contributed by atoms with Gasteiger partial charge in [0.2, 0.25) is 5.95 Å². The van der Waals surface area contributed by atoms with Gasteiger partial charge in [-0.1, -0.05) is 34.1 Å². The molecule has 0 atom stereocenters. The fourth-order valence-electron chi connectivity index (χ4n) is 2.11. The molecule has 0 bridgehead atoms. The van der Waals surface area contributed by atoms with Gasteiger partial charge in [0.15, 0.2) is 0 Å². The van der Waals surface area contributed by atoms with E-state index in [2.05, 4.69) is 36.5 Å². The van der Waals surface area contributed by atoms with E-state index in [1.165, 1.54) is 0 Å². The summed E-state index contributed by atoms with van der Waals surface area (Å²) in [6.45, 7) is 2.81. The van der Waals surface area contributed by atoms with Crippen molar-refractivity contribution >= 4 is 44.3 Å². The van der Waals surface area contributed by atoms with Crippen LogP contribution in [0.25, 0.3) is 10.9 Å². The number of para-hydroxylation sites is 1. The van der Waals surface area contributed by atoms with Crippen LogP contribution in [0.1, 0.15) is 6.92 Å². The highest BCUT2D eigenvalue weighted by molar-refractivity contribution is 9.10. The molecule has 5 heteroatoms. The van der Waals surface area contributed by atoms with Crippen molar-refractivity contribution in [2.75, 3.05) is 17.2 Å². The molecule has 2 aromatic carbocycles. The number of nitrogens with one attached hydrogen (secondary N) is 2. The summed E-state index contributed by atoms with van der Waals surface area (Å²) in [5.41, 5.74) is 1.90. The standard InChI is InChI=1S/C16H15BrN4/c1-2-18-16-20-14-9-4-3-8-13(14)15(21-16)19-12-7-5-6-11(17)10-12/h3-10H,2H2,1H3,(H2,18,19,20,21). The lowest BCUT2D eigenvalue weighted by Gasteiger charge is -2.11. The third kappa shape index (κ3) is 3.13. The third-order valence-electron chi connectivity index (χ3n) is 3.03. The van der Waals surface area contributed by atoms with Crippen LogP contribution in [-0.4, -0.2) is 16.5 Å². The Balaban J connectivity index is 2.07. The van der Waals surface area contributed by atoms with Crippen molar-refractivity contribution in [2.45, 2.75) is 6.92 Å². The first-order valence-electron chi connectivity index (χ1n) is 6.79. The van der Waals surface area contributed by atoms with Gasteiger partial charge in [0.1, 0.15) is 5.82 Å². The minimum absolute atomic E-state index is 0.633. The molecule has 106 valence electrons. The summed E-state index contributed by atoms with van der Waals surface area (Å²) in [7, 11) is 0. The Bertz CT molecular complexity index is 773. The number of fused-ring (bicyclic) bond motifs is 1. The number of rotatable bonds is 4. The van der Waals surface area contributed by atoms with E-state index in [0.717, 1.165) is 33.4 Å². The van der Waals surface area contributed by atoms with Gasteiger partial charge in [0.05, 0.1) is 5.52 Å². The van der Waals surface area contributed by atoms with Crippen molar-refractivity contribution in [1.82, 2.24) is 9.97 Å². The van der Waals surface area contributed by atoms with Gasteiger partial charge in [0, 0.05) is 22.1 Å². The van der Waals surface area contributed by atoms with Gasteiger partial charge in [-0.05, 0) is 37.3 Å². The molecule has 0 radical (unpaired) electrons. The number of benzene rings is 2. The highest BCUT2D eigenvalue weighted by Crippen LogP contribution is 2.26. The Labute approximate surface area is 131 Å². The number of nitrogens with zero attached hydrogens (tertiary/aromatic N) is 2. The van der Waals surface area contributed by atoms with E-state index in [1.807, 2.05) is 55.5 Å². The smallest absolute Gasteiger partial charge is 0.225 e. The molecule has 3 rings (SSSR count). The monoisotopic (exact) mass is 342 g/mol. The number of halogens is 1. The lowest BCUT2D eigenvalue weighted by molar-refractivity contribution is 1.11. The molecular formula is C16H15BrN4. The van der Waals surface area contributed by atoms with Gasteiger partial charge in [-0.15, -0.1) is 0 Å². The third-order valence-corrected chi connectivity index (χ3v) is 3.52. The molecule has 1 aromatic heterocycles. The van der Waals surface area contributed by atoms with Crippen LogP contribution < -0.4 is 10.6 Å². The lowest BCUT2D eigenvalue weighted by Crippen LogP contribution is -2.05. The average Bonchev–Trinajstić information content (AvgIpc) is 2.48. The molecule has 2 N–H and O–H groups in total. The summed E-state index contributed by atoms with van der Waals surface area (Å²) in [5.74, 6) is 1.43. The van der Waals surface area contributed by atoms with Crippen molar-refractivity contribution in [3.63, 3.8) is 0 Å². The predicted molar refractivity (Wildman–Crippen MR) is 91.1 cm³/mol. The summed E-state index contributed by atoms with van der Waals surface area (Å²) in [6.07, 6.45) is 0. The van der Waals surface area contributed by atoms with Crippen LogP contribution in [0, 0.1) is 0 Å². The topological polar surface area (TPSA) is 49.8 Å². The zero-order chi connectivity index (χ0) is 14.7. The van der Waals surface area contributed by atoms with Gasteiger partial charge < -0.3 is 10.6 Å². The number of aromatic nitrogens is 2. The second kappa shape index (κ2) is 6.10. The Hall–Kier alpha value is -2.14. The second-order valence-electron chi connectivity index (χ2n) is 4.58. The minimum Gasteiger partial charge on any atom is -0.354 e. The molecule has 4 nitrogen and oxygen atoms in total. The zero-order valence-corrected chi connectivity index (χ0v) is 13.2. The molecule has 0 amide bonds. The Morgan fingerprint density at radius 2 is 1.90 bits per heavy atom. The fraction of sp³-hybridized carbons (Fsp3) is 0.125. The predicted octanol–water partition coefficient (Wildman–Crippen LogP) is 4.57. The van der Waals surface area contributed by atoms with Crippen LogP contribution in [0.4, 0.5) is 17.5 Å². The first-order chi connectivity index (χ1) is 10.3. The molecule has 0 aliphatic rings. The molecule has 0 saturated carbocycles. The average molecular weight is 343 g/mol. The van der Waals surface area contributed by atoms with Crippen LogP contribution >= 0.6 is 15.9 Å². The minimum atomic E-state index is 0.633.